The summed E-state index contributed by atoms with van der Waals surface area (Å²) in [7, 11) is 0. The molecule has 5 heteroatoms. The third-order valence-electron chi connectivity index (χ3n) is 6.93. The maximum absolute atomic E-state index is 12.5. The Kier molecular flexibility index (Phi) is 7.20. The van der Waals surface area contributed by atoms with Gasteiger partial charge in [0, 0.05) is 12.3 Å². The highest BCUT2D eigenvalue weighted by molar-refractivity contribution is 5.72. The molecule has 0 aromatic rings. The van der Waals surface area contributed by atoms with Crippen LogP contribution in [0.25, 0.3) is 0 Å². The largest absolute Gasteiger partial charge is 0.462 e. The van der Waals surface area contributed by atoms with E-state index in [-0.39, 0.29) is 42.4 Å². The third-order valence-corrected chi connectivity index (χ3v) is 6.93. The Labute approximate surface area is 174 Å². The SMILES string of the molecule is CCC(C)C(=O)O[C@H]1C[C@@H](C)C=C2C=CC(C)C(CC[C@@H]3CC(O)CC(=O)O3)C21. The highest BCUT2D eigenvalue weighted by Crippen LogP contribution is 2.45. The van der Waals surface area contributed by atoms with E-state index in [1.807, 2.05) is 13.8 Å². The van der Waals surface area contributed by atoms with Gasteiger partial charge in [-0.05, 0) is 49.0 Å². The Hall–Kier alpha value is -1.62. The van der Waals surface area contributed by atoms with Crippen LogP contribution in [0, 0.1) is 29.6 Å². The van der Waals surface area contributed by atoms with Crippen molar-refractivity contribution in [2.45, 2.75) is 84.5 Å². The van der Waals surface area contributed by atoms with E-state index in [1.165, 1.54) is 5.57 Å². The summed E-state index contributed by atoms with van der Waals surface area (Å²) in [5.74, 6) is 0.755. The molecule has 0 bridgehead atoms. The summed E-state index contributed by atoms with van der Waals surface area (Å²) in [4.78, 5) is 24.2. The fourth-order valence-electron chi connectivity index (χ4n) is 5.07. The number of aliphatic hydroxyl groups is 1. The summed E-state index contributed by atoms with van der Waals surface area (Å²) in [5.41, 5.74) is 1.27. The van der Waals surface area contributed by atoms with Crippen LogP contribution >= 0.6 is 0 Å². The predicted octanol–water partition coefficient (Wildman–Crippen LogP) is 4.20. The fraction of sp³-hybridized carbons (Fsp3) is 0.750. The second-order valence-electron chi connectivity index (χ2n) is 9.36. The summed E-state index contributed by atoms with van der Waals surface area (Å²) < 4.78 is 11.5. The van der Waals surface area contributed by atoms with Crippen molar-refractivity contribution in [3.63, 3.8) is 0 Å². The van der Waals surface area contributed by atoms with Crippen LogP contribution in [-0.4, -0.2) is 35.4 Å². The molecule has 1 N–H and O–H groups in total. The van der Waals surface area contributed by atoms with E-state index < -0.39 is 6.10 Å². The minimum absolute atomic E-state index is 0.0854. The maximum atomic E-state index is 12.5. The average molecular weight is 405 g/mol. The quantitative estimate of drug-likeness (QED) is 0.672. The molecule has 5 unspecified atom stereocenters. The first-order valence-corrected chi connectivity index (χ1v) is 11.3. The van der Waals surface area contributed by atoms with Crippen LogP contribution in [0.1, 0.15) is 66.2 Å². The molecule has 0 spiro atoms. The van der Waals surface area contributed by atoms with E-state index in [4.69, 9.17) is 9.47 Å². The van der Waals surface area contributed by atoms with Crippen molar-refractivity contribution in [3.8, 4) is 0 Å². The molecule has 3 aliphatic rings. The number of carbonyl (C=O) groups is 2. The molecular weight excluding hydrogens is 368 g/mol. The van der Waals surface area contributed by atoms with Crippen molar-refractivity contribution in [2.24, 2.45) is 29.6 Å². The first kappa shape index (κ1) is 22.1. The Morgan fingerprint density at radius 2 is 2.07 bits per heavy atom. The van der Waals surface area contributed by atoms with Crippen molar-refractivity contribution in [2.75, 3.05) is 0 Å². The smallest absolute Gasteiger partial charge is 0.308 e. The predicted molar refractivity (Wildman–Crippen MR) is 111 cm³/mol. The van der Waals surface area contributed by atoms with Gasteiger partial charge in [0.2, 0.25) is 0 Å². The van der Waals surface area contributed by atoms with Crippen LogP contribution in [-0.2, 0) is 19.1 Å². The lowest BCUT2D eigenvalue weighted by molar-refractivity contribution is -0.162. The minimum Gasteiger partial charge on any atom is -0.462 e. The lowest BCUT2D eigenvalue weighted by Gasteiger charge is -2.43. The maximum Gasteiger partial charge on any atom is 0.308 e. The number of fused-ring (bicyclic) bond motifs is 1. The Morgan fingerprint density at radius 1 is 1.31 bits per heavy atom. The van der Waals surface area contributed by atoms with Crippen LogP contribution < -0.4 is 0 Å². The molecular formula is C24H36O5. The molecule has 1 fully saturated rings. The van der Waals surface area contributed by atoms with Crippen molar-refractivity contribution in [1.82, 2.24) is 0 Å². The average Bonchev–Trinajstić information content (AvgIpc) is 2.65. The summed E-state index contributed by atoms with van der Waals surface area (Å²) in [6.07, 6.45) is 9.70. The van der Waals surface area contributed by atoms with Crippen LogP contribution in [0.15, 0.2) is 23.8 Å². The van der Waals surface area contributed by atoms with E-state index in [2.05, 4.69) is 32.1 Å². The van der Waals surface area contributed by atoms with Crippen molar-refractivity contribution in [1.29, 1.82) is 0 Å². The number of hydrogen-bond donors (Lipinski definition) is 1. The highest BCUT2D eigenvalue weighted by Gasteiger charge is 2.42. The van der Waals surface area contributed by atoms with Crippen LogP contribution in [0.2, 0.25) is 0 Å². The molecule has 0 aromatic carbocycles. The van der Waals surface area contributed by atoms with Crippen LogP contribution in [0.5, 0.6) is 0 Å². The molecule has 1 aliphatic heterocycles. The number of cyclic esters (lactones) is 1. The Balaban J connectivity index is 1.74. The first-order valence-electron chi connectivity index (χ1n) is 11.3. The normalized spacial score (nSPS) is 37.9. The monoisotopic (exact) mass is 404 g/mol. The number of esters is 2. The molecule has 162 valence electrons. The highest BCUT2D eigenvalue weighted by atomic mass is 16.5. The van der Waals surface area contributed by atoms with Gasteiger partial charge in [-0.25, -0.2) is 0 Å². The van der Waals surface area contributed by atoms with Gasteiger partial charge in [-0.2, -0.15) is 0 Å². The molecule has 3 rings (SSSR count). The Bertz CT molecular complexity index is 666. The third kappa shape index (κ3) is 5.30. The summed E-state index contributed by atoms with van der Waals surface area (Å²) in [6.45, 7) is 8.33. The second kappa shape index (κ2) is 9.46. The molecule has 1 saturated heterocycles. The zero-order valence-corrected chi connectivity index (χ0v) is 18.2. The lowest BCUT2D eigenvalue weighted by Crippen LogP contribution is -2.42. The molecule has 0 saturated carbocycles. The van der Waals surface area contributed by atoms with Gasteiger partial charge < -0.3 is 14.6 Å². The molecule has 0 radical (unpaired) electrons. The van der Waals surface area contributed by atoms with Gasteiger partial charge >= 0.3 is 11.9 Å². The molecule has 2 aliphatic carbocycles. The topological polar surface area (TPSA) is 72.8 Å². The number of carbonyl (C=O) groups excluding carboxylic acids is 2. The van der Waals surface area contributed by atoms with Crippen molar-refractivity contribution < 1.29 is 24.2 Å². The van der Waals surface area contributed by atoms with Crippen molar-refractivity contribution in [3.05, 3.63) is 23.8 Å². The zero-order valence-electron chi connectivity index (χ0n) is 18.2. The van der Waals surface area contributed by atoms with E-state index in [0.29, 0.717) is 24.2 Å². The summed E-state index contributed by atoms with van der Waals surface area (Å²) >= 11 is 0. The number of aliphatic hydroxyl groups excluding tert-OH is 1. The van der Waals surface area contributed by atoms with Crippen LogP contribution in [0.4, 0.5) is 0 Å². The van der Waals surface area contributed by atoms with Crippen molar-refractivity contribution >= 4 is 11.9 Å². The number of allylic oxidation sites excluding steroid dienone is 3. The van der Waals surface area contributed by atoms with E-state index in [1.54, 1.807) is 0 Å². The van der Waals surface area contributed by atoms with Gasteiger partial charge in [-0.1, -0.05) is 45.9 Å². The fourth-order valence-corrected chi connectivity index (χ4v) is 5.07. The zero-order chi connectivity index (χ0) is 21.1. The molecule has 5 nitrogen and oxygen atoms in total. The van der Waals surface area contributed by atoms with Crippen LogP contribution in [0.3, 0.4) is 0 Å². The molecule has 1 heterocycles. The molecule has 8 atom stereocenters. The van der Waals surface area contributed by atoms with E-state index in [0.717, 1.165) is 25.7 Å². The molecule has 29 heavy (non-hydrogen) atoms. The number of hydrogen-bond acceptors (Lipinski definition) is 5. The van der Waals surface area contributed by atoms with Gasteiger partial charge in [0.15, 0.2) is 0 Å². The van der Waals surface area contributed by atoms with Gasteiger partial charge in [-0.3, -0.25) is 9.59 Å². The standard InChI is InChI=1S/C24H36O5/c1-5-15(3)24(27)29-21-11-14(2)10-17-7-6-16(4)20(23(17)21)9-8-19-12-18(25)13-22(26)28-19/h6-7,10,14-16,18-21,23,25H,5,8-9,11-13H2,1-4H3/t14-,15?,16?,18?,19+,20?,21-,23?/m0/s1. The van der Waals surface area contributed by atoms with E-state index in [9.17, 15) is 14.7 Å². The molecule has 0 aromatic heterocycles. The van der Waals surface area contributed by atoms with Gasteiger partial charge in [0.25, 0.3) is 0 Å². The van der Waals surface area contributed by atoms with E-state index >= 15 is 0 Å². The summed E-state index contributed by atoms with van der Waals surface area (Å²) in [5, 5.41) is 9.89. The Morgan fingerprint density at radius 3 is 2.76 bits per heavy atom. The summed E-state index contributed by atoms with van der Waals surface area (Å²) in [6, 6.07) is 0. The second-order valence-corrected chi connectivity index (χ2v) is 9.36. The first-order chi connectivity index (χ1) is 13.8. The minimum atomic E-state index is -0.597. The van der Waals surface area contributed by atoms with Gasteiger partial charge in [-0.15, -0.1) is 0 Å². The van der Waals surface area contributed by atoms with Gasteiger partial charge in [0.1, 0.15) is 12.2 Å². The molecule has 0 amide bonds. The van der Waals surface area contributed by atoms with Gasteiger partial charge in [0.05, 0.1) is 18.4 Å². The number of ether oxygens (including phenoxy) is 2. The lowest BCUT2D eigenvalue weighted by atomic mass is 9.65. The number of rotatable bonds is 6.